The quantitative estimate of drug-likeness (QED) is 0.438. The summed E-state index contributed by atoms with van der Waals surface area (Å²) >= 11 is 0. The Morgan fingerprint density at radius 1 is 1.00 bits per heavy atom. The molecule has 0 spiro atoms. The van der Waals surface area contributed by atoms with Crippen molar-refractivity contribution in [1.82, 2.24) is 0 Å². The molecular formula is C20H26FNO4. The Balaban J connectivity index is 2.98. The van der Waals surface area contributed by atoms with Gasteiger partial charge in [0.15, 0.2) is 0 Å². The Bertz CT molecular complexity index is 598. The molecule has 1 rings (SSSR count). The molecule has 26 heavy (non-hydrogen) atoms. The summed E-state index contributed by atoms with van der Waals surface area (Å²) in [6, 6.07) is 7.30. The van der Waals surface area contributed by atoms with Gasteiger partial charge in [0.05, 0.1) is 32.1 Å². The summed E-state index contributed by atoms with van der Waals surface area (Å²) in [7, 11) is 0. The molecule has 6 heteroatoms. The van der Waals surface area contributed by atoms with E-state index in [-0.39, 0.29) is 26.1 Å². The van der Waals surface area contributed by atoms with E-state index in [1.165, 1.54) is 24.3 Å². The molecule has 0 heterocycles. The fourth-order valence-corrected chi connectivity index (χ4v) is 2.43. The summed E-state index contributed by atoms with van der Waals surface area (Å²) < 4.78 is 23.5. The van der Waals surface area contributed by atoms with Gasteiger partial charge in [-0.1, -0.05) is 38.8 Å². The standard InChI is InChI=1S/C20H26FNO4/c1-3-5-11-25-18(23)13-20(15-22,14-19(24)26-12-6-4-2)16-7-9-17(21)10-8-16/h7-10H,3-6,11-14H2,1-2H3. The average molecular weight is 363 g/mol. The Morgan fingerprint density at radius 2 is 1.46 bits per heavy atom. The van der Waals surface area contributed by atoms with Gasteiger partial charge in [0, 0.05) is 0 Å². The lowest BCUT2D eigenvalue weighted by Gasteiger charge is -2.25. The number of ether oxygens (including phenoxy) is 2. The van der Waals surface area contributed by atoms with E-state index in [1.54, 1.807) is 0 Å². The third-order valence-electron chi connectivity index (χ3n) is 4.02. The van der Waals surface area contributed by atoms with E-state index in [0.717, 1.165) is 25.7 Å². The predicted molar refractivity (Wildman–Crippen MR) is 94.7 cm³/mol. The van der Waals surface area contributed by atoms with Gasteiger partial charge >= 0.3 is 11.9 Å². The summed E-state index contributed by atoms with van der Waals surface area (Å²) in [5.74, 6) is -1.59. The highest BCUT2D eigenvalue weighted by molar-refractivity contribution is 5.77. The molecular weight excluding hydrogens is 337 g/mol. The van der Waals surface area contributed by atoms with Crippen molar-refractivity contribution < 1.29 is 23.5 Å². The van der Waals surface area contributed by atoms with E-state index in [1.807, 2.05) is 13.8 Å². The van der Waals surface area contributed by atoms with Crippen molar-refractivity contribution in [3.63, 3.8) is 0 Å². The molecule has 0 unspecified atom stereocenters. The molecule has 0 bridgehead atoms. The summed E-state index contributed by atoms with van der Waals surface area (Å²) in [4.78, 5) is 24.3. The normalized spacial score (nSPS) is 10.8. The summed E-state index contributed by atoms with van der Waals surface area (Å²) in [6.45, 7) is 4.47. The van der Waals surface area contributed by atoms with Crippen molar-refractivity contribution in [3.8, 4) is 6.07 Å². The van der Waals surface area contributed by atoms with E-state index in [2.05, 4.69) is 6.07 Å². The molecule has 0 N–H and O–H groups in total. The van der Waals surface area contributed by atoms with E-state index < -0.39 is 23.2 Å². The molecule has 0 aliphatic carbocycles. The number of carbonyl (C=O) groups is 2. The monoisotopic (exact) mass is 363 g/mol. The Morgan fingerprint density at radius 3 is 1.85 bits per heavy atom. The topological polar surface area (TPSA) is 76.4 Å². The third kappa shape index (κ3) is 6.83. The Kier molecular flexibility index (Phi) is 9.35. The Labute approximate surface area is 154 Å². The molecule has 1 aromatic carbocycles. The predicted octanol–water partition coefficient (Wildman–Crippen LogP) is 4.05. The van der Waals surface area contributed by atoms with Gasteiger partial charge < -0.3 is 9.47 Å². The number of nitrogens with zero attached hydrogens (tertiary/aromatic N) is 1. The molecule has 0 aliphatic rings. The van der Waals surface area contributed by atoms with Gasteiger partial charge in [-0.2, -0.15) is 5.26 Å². The molecule has 0 amide bonds. The number of hydrogen-bond donors (Lipinski definition) is 0. The zero-order valence-corrected chi connectivity index (χ0v) is 15.4. The van der Waals surface area contributed by atoms with Gasteiger partial charge in [0.2, 0.25) is 0 Å². The second-order valence-corrected chi connectivity index (χ2v) is 6.20. The highest BCUT2D eigenvalue weighted by atomic mass is 19.1. The van der Waals surface area contributed by atoms with Crippen LogP contribution >= 0.6 is 0 Å². The maximum Gasteiger partial charge on any atom is 0.307 e. The van der Waals surface area contributed by atoms with Crippen molar-refractivity contribution in [2.24, 2.45) is 0 Å². The van der Waals surface area contributed by atoms with Crippen LogP contribution in [0.15, 0.2) is 24.3 Å². The molecule has 0 aliphatic heterocycles. The number of unbranched alkanes of at least 4 members (excludes halogenated alkanes) is 2. The fraction of sp³-hybridized carbons (Fsp3) is 0.550. The first-order chi connectivity index (χ1) is 12.5. The summed E-state index contributed by atoms with van der Waals surface area (Å²) in [6.07, 6.45) is 2.61. The van der Waals surface area contributed by atoms with Crippen LogP contribution in [0.2, 0.25) is 0 Å². The van der Waals surface area contributed by atoms with Crippen LogP contribution in [0.5, 0.6) is 0 Å². The number of benzene rings is 1. The van der Waals surface area contributed by atoms with E-state index >= 15 is 0 Å². The van der Waals surface area contributed by atoms with Crippen LogP contribution in [0, 0.1) is 17.1 Å². The van der Waals surface area contributed by atoms with Gasteiger partial charge in [-0.15, -0.1) is 0 Å². The Hall–Kier alpha value is -2.42. The van der Waals surface area contributed by atoms with Crippen LogP contribution in [0.4, 0.5) is 4.39 Å². The second-order valence-electron chi connectivity index (χ2n) is 6.20. The summed E-state index contributed by atoms with van der Waals surface area (Å²) in [5.41, 5.74) is -1.05. The number of hydrogen-bond acceptors (Lipinski definition) is 5. The van der Waals surface area contributed by atoms with Crippen LogP contribution in [0.25, 0.3) is 0 Å². The molecule has 0 radical (unpaired) electrons. The van der Waals surface area contributed by atoms with Crippen molar-refractivity contribution in [3.05, 3.63) is 35.6 Å². The van der Waals surface area contributed by atoms with Gasteiger partial charge in [0.25, 0.3) is 0 Å². The first-order valence-electron chi connectivity index (χ1n) is 8.96. The minimum Gasteiger partial charge on any atom is -0.466 e. The second kappa shape index (κ2) is 11.2. The van der Waals surface area contributed by atoms with E-state index in [9.17, 15) is 19.2 Å². The molecule has 0 fully saturated rings. The fourth-order valence-electron chi connectivity index (χ4n) is 2.43. The van der Waals surface area contributed by atoms with Gasteiger partial charge in [-0.25, -0.2) is 4.39 Å². The van der Waals surface area contributed by atoms with Crippen molar-refractivity contribution in [2.75, 3.05) is 13.2 Å². The van der Waals surface area contributed by atoms with Crippen LogP contribution in [0.1, 0.15) is 57.9 Å². The number of esters is 2. The smallest absolute Gasteiger partial charge is 0.307 e. The zero-order valence-electron chi connectivity index (χ0n) is 15.4. The van der Waals surface area contributed by atoms with E-state index in [4.69, 9.17) is 9.47 Å². The first-order valence-corrected chi connectivity index (χ1v) is 8.96. The highest BCUT2D eigenvalue weighted by Gasteiger charge is 2.39. The van der Waals surface area contributed by atoms with Crippen molar-refractivity contribution in [2.45, 2.75) is 57.8 Å². The maximum atomic E-state index is 13.2. The third-order valence-corrected chi connectivity index (χ3v) is 4.02. The molecule has 0 saturated heterocycles. The molecule has 0 saturated carbocycles. The average Bonchev–Trinajstić information content (AvgIpc) is 2.62. The molecule has 0 aromatic heterocycles. The number of carbonyl (C=O) groups excluding carboxylic acids is 2. The molecule has 1 aromatic rings. The summed E-state index contributed by atoms with van der Waals surface area (Å²) in [5, 5.41) is 9.78. The highest BCUT2D eigenvalue weighted by Crippen LogP contribution is 2.32. The number of rotatable bonds is 11. The molecule has 5 nitrogen and oxygen atoms in total. The van der Waals surface area contributed by atoms with E-state index in [0.29, 0.717) is 5.56 Å². The first kappa shape index (κ1) is 21.6. The number of nitriles is 1. The lowest BCUT2D eigenvalue weighted by Crippen LogP contribution is -2.32. The van der Waals surface area contributed by atoms with Crippen LogP contribution in [0.3, 0.4) is 0 Å². The molecule has 142 valence electrons. The van der Waals surface area contributed by atoms with Gasteiger partial charge in [-0.05, 0) is 30.5 Å². The van der Waals surface area contributed by atoms with Crippen LogP contribution < -0.4 is 0 Å². The van der Waals surface area contributed by atoms with Crippen molar-refractivity contribution in [1.29, 1.82) is 5.26 Å². The SMILES string of the molecule is CCCCOC(=O)CC(C#N)(CC(=O)OCCCC)c1ccc(F)cc1. The number of halogens is 1. The van der Waals surface area contributed by atoms with Gasteiger partial charge in [0.1, 0.15) is 11.2 Å². The minimum absolute atomic E-state index is 0.265. The lowest BCUT2D eigenvalue weighted by atomic mass is 9.76. The van der Waals surface area contributed by atoms with Crippen LogP contribution in [-0.2, 0) is 24.5 Å². The molecule has 0 atom stereocenters. The minimum atomic E-state index is -1.44. The largest absolute Gasteiger partial charge is 0.466 e. The van der Waals surface area contributed by atoms with Crippen LogP contribution in [-0.4, -0.2) is 25.2 Å². The maximum absolute atomic E-state index is 13.2. The van der Waals surface area contributed by atoms with Crippen molar-refractivity contribution >= 4 is 11.9 Å². The van der Waals surface area contributed by atoms with Gasteiger partial charge in [-0.3, -0.25) is 9.59 Å². The lowest BCUT2D eigenvalue weighted by molar-refractivity contribution is -0.147. The zero-order chi connectivity index (χ0) is 19.4.